The summed E-state index contributed by atoms with van der Waals surface area (Å²) in [5.41, 5.74) is 1.58. The molecule has 1 aromatic carbocycles. The average Bonchev–Trinajstić information content (AvgIpc) is 3.41. The largest absolute Gasteiger partial charge is 0.394 e. The monoisotopic (exact) mass is 655 g/mol. The predicted octanol–water partition coefficient (Wildman–Crippen LogP) is 0.00470. The Bertz CT molecular complexity index is 1440. The van der Waals surface area contributed by atoms with Crippen molar-refractivity contribution in [3.05, 3.63) is 36.0 Å². The van der Waals surface area contributed by atoms with E-state index in [0.717, 1.165) is 16.5 Å². The molecule has 0 bridgehead atoms. The van der Waals surface area contributed by atoms with E-state index in [-0.39, 0.29) is 31.1 Å². The van der Waals surface area contributed by atoms with Crippen molar-refractivity contribution in [2.45, 2.75) is 91.0 Å². The molecule has 258 valence electrons. The van der Waals surface area contributed by atoms with E-state index in [1.165, 1.54) is 0 Å². The lowest BCUT2D eigenvalue weighted by molar-refractivity contribution is -0.137. The number of aliphatic hydroxyl groups is 1. The van der Waals surface area contributed by atoms with Gasteiger partial charge in [-0.25, -0.2) is 0 Å². The van der Waals surface area contributed by atoms with E-state index >= 15 is 0 Å². The van der Waals surface area contributed by atoms with Crippen LogP contribution in [0.25, 0.3) is 10.9 Å². The smallest absolute Gasteiger partial charge is 0.245 e. The van der Waals surface area contributed by atoms with Gasteiger partial charge in [0.1, 0.15) is 30.2 Å². The first kappa shape index (κ1) is 37.0. The molecule has 3 rings (SSSR count). The van der Waals surface area contributed by atoms with Gasteiger partial charge in [-0.1, -0.05) is 59.7 Å². The SMILES string of the molecule is CC(C)C[C@@H]1NC(=O)[C@H](Cc2c[nH]c3ccccc23)NC(=O)CNC(=O)[C@H](CO)NC(=O)[C@H](C(C)C)NC(=O)[C@@H](CC(C)C)NC1=O. The number of amides is 6. The van der Waals surface area contributed by atoms with Crippen LogP contribution in [0.5, 0.6) is 0 Å². The van der Waals surface area contributed by atoms with Gasteiger partial charge >= 0.3 is 0 Å². The average molecular weight is 656 g/mol. The van der Waals surface area contributed by atoms with Crippen molar-refractivity contribution in [1.82, 2.24) is 36.9 Å². The van der Waals surface area contributed by atoms with Crippen molar-refractivity contribution in [3.63, 3.8) is 0 Å². The second-order valence-electron chi connectivity index (χ2n) is 13.3. The summed E-state index contributed by atoms with van der Waals surface area (Å²) in [7, 11) is 0. The lowest BCUT2D eigenvalue weighted by Crippen LogP contribution is -2.61. The van der Waals surface area contributed by atoms with Crippen LogP contribution in [0.4, 0.5) is 0 Å². The maximum atomic E-state index is 13.8. The number of para-hydroxylation sites is 1. The van der Waals surface area contributed by atoms with Gasteiger partial charge in [-0.3, -0.25) is 28.8 Å². The summed E-state index contributed by atoms with van der Waals surface area (Å²) in [6.45, 7) is 9.62. The molecule has 8 N–H and O–H groups in total. The number of aromatic nitrogens is 1. The van der Waals surface area contributed by atoms with Gasteiger partial charge in [-0.2, -0.15) is 0 Å². The van der Waals surface area contributed by atoms with E-state index in [0.29, 0.717) is 0 Å². The van der Waals surface area contributed by atoms with Gasteiger partial charge in [-0.05, 0) is 42.2 Å². The summed E-state index contributed by atoms with van der Waals surface area (Å²) in [4.78, 5) is 83.5. The zero-order valence-corrected chi connectivity index (χ0v) is 27.9. The molecule has 2 aromatic rings. The Kier molecular flexibility index (Phi) is 13.3. The summed E-state index contributed by atoms with van der Waals surface area (Å²) in [5.74, 6) is -4.51. The van der Waals surface area contributed by atoms with E-state index < -0.39 is 84.7 Å². The fraction of sp³-hybridized carbons (Fsp3) is 0.576. The van der Waals surface area contributed by atoms with Crippen LogP contribution in [0.1, 0.15) is 59.9 Å². The number of carbonyl (C=O) groups is 6. The Balaban J connectivity index is 2.01. The highest BCUT2D eigenvalue weighted by Gasteiger charge is 2.34. The molecule has 0 aliphatic carbocycles. The third-order valence-electron chi connectivity index (χ3n) is 7.92. The number of fused-ring (bicyclic) bond motifs is 1. The Hall–Kier alpha value is -4.46. The zero-order chi connectivity index (χ0) is 34.8. The standard InChI is InChI=1S/C33H49N7O7/c1-17(2)11-23-30(44)38-24(12-18(3)4)32(46)40-28(19(5)6)33(47)39-26(16-41)29(43)35-15-27(42)36-25(31(45)37-23)13-20-14-34-22-10-8-7-9-21(20)22/h7-10,14,17-19,23-26,28,34,41H,11-13,15-16H2,1-6H3,(H,35,43)(H,36,42)(H,37,45)(H,38,44)(H,39,47)(H,40,46)/t23-,24+,25-,26-,28-/m0/s1. The molecule has 0 radical (unpaired) electrons. The van der Waals surface area contributed by atoms with Crippen LogP contribution in [0, 0.1) is 17.8 Å². The van der Waals surface area contributed by atoms with Crippen molar-refractivity contribution < 1.29 is 33.9 Å². The molecule has 0 saturated carbocycles. The van der Waals surface area contributed by atoms with E-state index in [4.69, 9.17) is 0 Å². The fourth-order valence-electron chi connectivity index (χ4n) is 5.46. The zero-order valence-electron chi connectivity index (χ0n) is 27.9. The van der Waals surface area contributed by atoms with Gasteiger partial charge in [0.15, 0.2) is 0 Å². The van der Waals surface area contributed by atoms with E-state index in [2.05, 4.69) is 36.9 Å². The number of hydrogen-bond donors (Lipinski definition) is 8. The first-order valence-electron chi connectivity index (χ1n) is 16.1. The number of carbonyl (C=O) groups excluding carboxylic acids is 6. The summed E-state index contributed by atoms with van der Waals surface area (Å²) in [6.07, 6.45) is 2.30. The van der Waals surface area contributed by atoms with Gasteiger partial charge in [0.05, 0.1) is 13.2 Å². The van der Waals surface area contributed by atoms with Crippen molar-refractivity contribution in [2.75, 3.05) is 13.2 Å². The number of H-pyrrole nitrogens is 1. The van der Waals surface area contributed by atoms with Crippen LogP contribution < -0.4 is 31.9 Å². The number of hydrogen-bond acceptors (Lipinski definition) is 7. The number of benzene rings is 1. The molecule has 5 atom stereocenters. The molecule has 1 aromatic heterocycles. The van der Waals surface area contributed by atoms with Crippen molar-refractivity contribution in [1.29, 1.82) is 0 Å². The lowest BCUT2D eigenvalue weighted by Gasteiger charge is -2.29. The molecule has 14 heteroatoms. The van der Waals surface area contributed by atoms with Crippen molar-refractivity contribution >= 4 is 46.3 Å². The molecule has 47 heavy (non-hydrogen) atoms. The summed E-state index contributed by atoms with van der Waals surface area (Å²) in [6, 6.07) is 1.73. The van der Waals surface area contributed by atoms with E-state index in [9.17, 15) is 33.9 Å². The maximum absolute atomic E-state index is 13.8. The van der Waals surface area contributed by atoms with Crippen LogP contribution >= 0.6 is 0 Å². The van der Waals surface area contributed by atoms with Crippen LogP contribution in [0.15, 0.2) is 30.5 Å². The van der Waals surface area contributed by atoms with E-state index in [1.807, 2.05) is 52.0 Å². The lowest BCUT2D eigenvalue weighted by atomic mass is 9.98. The third-order valence-corrected chi connectivity index (χ3v) is 7.92. The quantitative estimate of drug-likeness (QED) is 0.195. The molecule has 0 spiro atoms. The van der Waals surface area contributed by atoms with Crippen LogP contribution in [0.3, 0.4) is 0 Å². The first-order valence-corrected chi connectivity index (χ1v) is 16.1. The Morgan fingerprint density at radius 2 is 1.23 bits per heavy atom. The highest BCUT2D eigenvalue weighted by Crippen LogP contribution is 2.19. The molecule has 1 aliphatic heterocycles. The summed E-state index contributed by atoms with van der Waals surface area (Å²) < 4.78 is 0. The highest BCUT2D eigenvalue weighted by atomic mass is 16.3. The topological polar surface area (TPSA) is 211 Å². The number of nitrogens with one attached hydrogen (secondary N) is 7. The molecule has 6 amide bonds. The maximum Gasteiger partial charge on any atom is 0.245 e. The normalized spacial score (nSPS) is 24.3. The predicted molar refractivity (Wildman–Crippen MR) is 175 cm³/mol. The molecule has 2 heterocycles. The molecule has 1 saturated heterocycles. The highest BCUT2D eigenvalue weighted by molar-refractivity contribution is 5.98. The minimum atomic E-state index is -1.42. The van der Waals surface area contributed by atoms with E-state index in [1.54, 1.807) is 20.0 Å². The number of rotatable bonds is 8. The third kappa shape index (κ3) is 10.5. The molecule has 0 unspecified atom stereocenters. The molecular formula is C33H49N7O7. The number of aromatic amines is 1. The van der Waals surface area contributed by atoms with Gasteiger partial charge in [0, 0.05) is 23.5 Å². The van der Waals surface area contributed by atoms with Crippen LogP contribution in [-0.4, -0.2) is 88.9 Å². The van der Waals surface area contributed by atoms with Crippen LogP contribution in [-0.2, 0) is 35.2 Å². The summed E-state index contributed by atoms with van der Waals surface area (Å²) >= 11 is 0. The first-order chi connectivity index (χ1) is 22.2. The summed E-state index contributed by atoms with van der Waals surface area (Å²) in [5, 5.41) is 26.5. The Morgan fingerprint density at radius 3 is 1.81 bits per heavy atom. The van der Waals surface area contributed by atoms with Gasteiger partial charge in [0.25, 0.3) is 0 Å². The second-order valence-corrected chi connectivity index (χ2v) is 13.3. The van der Waals surface area contributed by atoms with Crippen molar-refractivity contribution in [2.24, 2.45) is 17.8 Å². The minimum Gasteiger partial charge on any atom is -0.394 e. The number of aliphatic hydroxyl groups excluding tert-OH is 1. The van der Waals surface area contributed by atoms with Gasteiger partial charge in [0.2, 0.25) is 35.4 Å². The fourth-order valence-corrected chi connectivity index (χ4v) is 5.46. The van der Waals surface area contributed by atoms with Gasteiger partial charge in [-0.15, -0.1) is 0 Å². The minimum absolute atomic E-state index is 0.0216. The Morgan fingerprint density at radius 1 is 0.681 bits per heavy atom. The molecular weight excluding hydrogens is 606 g/mol. The molecule has 14 nitrogen and oxygen atoms in total. The van der Waals surface area contributed by atoms with Gasteiger partial charge < -0.3 is 42.0 Å². The molecule has 1 aliphatic rings. The van der Waals surface area contributed by atoms with Crippen LogP contribution in [0.2, 0.25) is 0 Å². The Labute approximate surface area is 275 Å². The molecule has 1 fully saturated rings. The van der Waals surface area contributed by atoms with Crippen molar-refractivity contribution in [3.8, 4) is 0 Å². The second kappa shape index (κ2) is 16.9.